The Morgan fingerprint density at radius 1 is 1.33 bits per heavy atom. The van der Waals surface area contributed by atoms with Crippen molar-refractivity contribution in [2.75, 3.05) is 0 Å². The van der Waals surface area contributed by atoms with Crippen LogP contribution in [0.4, 0.5) is 0 Å². The van der Waals surface area contributed by atoms with Gasteiger partial charge in [0.05, 0.1) is 6.54 Å². The molecule has 0 aliphatic rings. The molecule has 4 heteroatoms. The first-order valence-electron chi connectivity index (χ1n) is 6.19. The monoisotopic (exact) mass is 263 g/mol. The van der Waals surface area contributed by atoms with Crippen molar-refractivity contribution in [1.82, 2.24) is 14.9 Å². The number of hydrogen-bond donors (Lipinski definition) is 1. The van der Waals surface area contributed by atoms with Crippen LogP contribution in [0.3, 0.4) is 0 Å². The average Bonchev–Trinajstić information content (AvgIpc) is 2.84. The highest BCUT2D eigenvalue weighted by atomic mass is 35.5. The third-order valence-corrected chi connectivity index (χ3v) is 3.33. The number of benzene rings is 1. The number of nitrogens with zero attached hydrogens (tertiary/aromatic N) is 2. The van der Waals surface area contributed by atoms with Crippen LogP contribution in [0.15, 0.2) is 36.7 Å². The summed E-state index contributed by atoms with van der Waals surface area (Å²) in [7, 11) is 0. The molecule has 0 spiro atoms. The predicted molar refractivity (Wildman–Crippen MR) is 74.6 cm³/mol. The first-order chi connectivity index (χ1) is 8.70. The Labute approximate surface area is 113 Å². The van der Waals surface area contributed by atoms with Gasteiger partial charge in [0.15, 0.2) is 0 Å². The summed E-state index contributed by atoms with van der Waals surface area (Å²) in [5.41, 5.74) is 1.23. The summed E-state index contributed by atoms with van der Waals surface area (Å²) in [6, 6.07) is 8.21. The smallest absolute Gasteiger partial charge is 0.122 e. The van der Waals surface area contributed by atoms with Crippen molar-refractivity contribution in [1.29, 1.82) is 0 Å². The van der Waals surface area contributed by atoms with Crippen LogP contribution in [0.5, 0.6) is 0 Å². The molecule has 0 amide bonds. The predicted octanol–water partition coefficient (Wildman–Crippen LogP) is 3.41. The lowest BCUT2D eigenvalue weighted by molar-refractivity contribution is 0.540. The number of aromatic nitrogens is 2. The zero-order valence-corrected chi connectivity index (χ0v) is 11.5. The Hall–Kier alpha value is -1.32. The van der Waals surface area contributed by atoms with E-state index in [2.05, 4.69) is 28.7 Å². The highest BCUT2D eigenvalue weighted by molar-refractivity contribution is 6.30. The average molecular weight is 264 g/mol. The van der Waals surface area contributed by atoms with Gasteiger partial charge in [0.2, 0.25) is 0 Å². The fourth-order valence-corrected chi connectivity index (χ4v) is 2.03. The molecule has 1 N–H and O–H groups in total. The van der Waals surface area contributed by atoms with E-state index in [1.54, 1.807) is 0 Å². The van der Waals surface area contributed by atoms with Gasteiger partial charge in [-0.3, -0.25) is 0 Å². The van der Waals surface area contributed by atoms with Gasteiger partial charge in [-0.25, -0.2) is 4.98 Å². The highest BCUT2D eigenvalue weighted by Crippen LogP contribution is 2.16. The largest absolute Gasteiger partial charge is 0.334 e. The van der Waals surface area contributed by atoms with Crippen molar-refractivity contribution in [3.8, 4) is 0 Å². The second-order valence-corrected chi connectivity index (χ2v) is 4.72. The molecule has 96 valence electrons. The van der Waals surface area contributed by atoms with E-state index in [9.17, 15) is 0 Å². The van der Waals surface area contributed by atoms with Crippen LogP contribution in [0.2, 0.25) is 5.02 Å². The molecule has 18 heavy (non-hydrogen) atoms. The molecule has 3 nitrogen and oxygen atoms in total. The molecule has 0 fully saturated rings. The Morgan fingerprint density at radius 3 is 2.72 bits per heavy atom. The molecule has 0 bridgehead atoms. The Kier molecular flexibility index (Phi) is 4.39. The highest BCUT2D eigenvalue weighted by Gasteiger charge is 2.07. The molecule has 2 rings (SSSR count). The fourth-order valence-electron chi connectivity index (χ4n) is 1.91. The molecular formula is C14H18ClN3. The number of hydrogen-bond acceptors (Lipinski definition) is 2. The maximum Gasteiger partial charge on any atom is 0.122 e. The number of aryl methyl sites for hydroxylation is 1. The van der Waals surface area contributed by atoms with Crippen molar-refractivity contribution >= 4 is 11.6 Å². The Bertz CT molecular complexity index is 490. The van der Waals surface area contributed by atoms with Gasteiger partial charge in [0.25, 0.3) is 0 Å². The standard InChI is InChI=1S/C14H18ClN3/c1-3-18-9-8-16-14(18)10-17-11(2)12-4-6-13(15)7-5-12/h4-9,11,17H,3,10H2,1-2H3. The molecule has 0 aliphatic carbocycles. The van der Waals surface area contributed by atoms with E-state index in [0.717, 1.165) is 23.9 Å². The molecule has 0 saturated heterocycles. The second kappa shape index (κ2) is 6.03. The molecule has 1 atom stereocenters. The summed E-state index contributed by atoms with van der Waals surface area (Å²) in [5.74, 6) is 1.07. The first kappa shape index (κ1) is 13.1. The molecule has 0 saturated carbocycles. The van der Waals surface area contributed by atoms with E-state index < -0.39 is 0 Å². The van der Waals surface area contributed by atoms with E-state index in [1.807, 2.05) is 36.7 Å². The number of imidazole rings is 1. The molecule has 1 aromatic carbocycles. The lowest BCUT2D eigenvalue weighted by Gasteiger charge is -2.14. The van der Waals surface area contributed by atoms with Gasteiger partial charge in [-0.15, -0.1) is 0 Å². The van der Waals surface area contributed by atoms with Crippen LogP contribution >= 0.6 is 11.6 Å². The summed E-state index contributed by atoms with van der Waals surface area (Å²) in [6.45, 7) is 5.98. The van der Waals surface area contributed by atoms with Gasteiger partial charge in [0, 0.05) is 30.0 Å². The third-order valence-electron chi connectivity index (χ3n) is 3.08. The lowest BCUT2D eigenvalue weighted by atomic mass is 10.1. The first-order valence-corrected chi connectivity index (χ1v) is 6.57. The molecular weight excluding hydrogens is 246 g/mol. The van der Waals surface area contributed by atoms with Crippen LogP contribution in [0, 0.1) is 0 Å². The minimum Gasteiger partial charge on any atom is -0.334 e. The van der Waals surface area contributed by atoms with E-state index in [1.165, 1.54) is 5.56 Å². The van der Waals surface area contributed by atoms with Crippen molar-refractivity contribution in [2.24, 2.45) is 0 Å². The van der Waals surface area contributed by atoms with Crippen molar-refractivity contribution in [3.63, 3.8) is 0 Å². The quantitative estimate of drug-likeness (QED) is 0.896. The van der Waals surface area contributed by atoms with Crippen molar-refractivity contribution < 1.29 is 0 Å². The van der Waals surface area contributed by atoms with E-state index in [-0.39, 0.29) is 6.04 Å². The van der Waals surface area contributed by atoms with Crippen molar-refractivity contribution in [2.45, 2.75) is 33.0 Å². The van der Waals surface area contributed by atoms with E-state index >= 15 is 0 Å². The molecule has 0 aliphatic heterocycles. The summed E-state index contributed by atoms with van der Waals surface area (Å²) in [5, 5.41) is 4.24. The van der Waals surface area contributed by atoms with Gasteiger partial charge < -0.3 is 9.88 Å². The normalized spacial score (nSPS) is 12.6. The minimum absolute atomic E-state index is 0.282. The van der Waals surface area contributed by atoms with Gasteiger partial charge in [-0.05, 0) is 31.5 Å². The van der Waals surface area contributed by atoms with Crippen LogP contribution in [-0.4, -0.2) is 9.55 Å². The van der Waals surface area contributed by atoms with Crippen LogP contribution in [-0.2, 0) is 13.1 Å². The molecule has 1 aromatic heterocycles. The zero-order chi connectivity index (χ0) is 13.0. The molecule has 2 aromatic rings. The maximum absolute atomic E-state index is 5.88. The minimum atomic E-state index is 0.282. The van der Waals surface area contributed by atoms with Gasteiger partial charge >= 0.3 is 0 Å². The summed E-state index contributed by atoms with van der Waals surface area (Å²) in [6.07, 6.45) is 3.84. The summed E-state index contributed by atoms with van der Waals surface area (Å²) < 4.78 is 2.14. The second-order valence-electron chi connectivity index (χ2n) is 4.28. The number of nitrogens with one attached hydrogen (secondary N) is 1. The Balaban J connectivity index is 1.96. The van der Waals surface area contributed by atoms with Gasteiger partial charge in [0.1, 0.15) is 5.82 Å². The summed E-state index contributed by atoms with van der Waals surface area (Å²) >= 11 is 5.88. The topological polar surface area (TPSA) is 29.9 Å². The van der Waals surface area contributed by atoms with Crippen LogP contribution in [0.25, 0.3) is 0 Å². The zero-order valence-electron chi connectivity index (χ0n) is 10.7. The van der Waals surface area contributed by atoms with Crippen LogP contribution < -0.4 is 5.32 Å². The number of rotatable bonds is 5. The SMILES string of the molecule is CCn1ccnc1CNC(C)c1ccc(Cl)cc1. The molecule has 0 radical (unpaired) electrons. The van der Waals surface area contributed by atoms with Crippen molar-refractivity contribution in [3.05, 3.63) is 53.1 Å². The van der Waals surface area contributed by atoms with E-state index in [4.69, 9.17) is 11.6 Å². The van der Waals surface area contributed by atoms with Crippen LogP contribution in [0.1, 0.15) is 31.3 Å². The maximum atomic E-state index is 5.88. The third kappa shape index (κ3) is 3.12. The van der Waals surface area contributed by atoms with Gasteiger partial charge in [-0.1, -0.05) is 23.7 Å². The Morgan fingerprint density at radius 2 is 2.06 bits per heavy atom. The number of halogens is 1. The fraction of sp³-hybridized carbons (Fsp3) is 0.357. The molecule has 1 unspecified atom stereocenters. The van der Waals surface area contributed by atoms with Gasteiger partial charge in [-0.2, -0.15) is 0 Å². The summed E-state index contributed by atoms with van der Waals surface area (Å²) in [4.78, 5) is 4.35. The lowest BCUT2D eigenvalue weighted by Crippen LogP contribution is -2.20. The van der Waals surface area contributed by atoms with E-state index in [0.29, 0.717) is 0 Å². The molecule has 1 heterocycles.